The lowest BCUT2D eigenvalue weighted by Crippen LogP contribution is -2.36. The van der Waals surface area contributed by atoms with Gasteiger partial charge in [0.25, 0.3) is 5.91 Å². The number of amides is 1. The highest BCUT2D eigenvalue weighted by molar-refractivity contribution is 7.89. The van der Waals surface area contributed by atoms with E-state index in [1.54, 1.807) is 17.9 Å². The lowest BCUT2D eigenvalue weighted by atomic mass is 10.0. The SMILES string of the molecule is COc1ccc(C(=O)N(C2CC2)C(C)c2cccc(C(F)(F)F)c2)cc1S(=O)(=O)NC1CC1. The van der Waals surface area contributed by atoms with Crippen LogP contribution in [0.3, 0.4) is 0 Å². The minimum atomic E-state index is -4.49. The van der Waals surface area contributed by atoms with E-state index < -0.39 is 33.7 Å². The van der Waals surface area contributed by atoms with Crippen molar-refractivity contribution >= 4 is 15.9 Å². The van der Waals surface area contributed by atoms with Crippen LogP contribution in [0.4, 0.5) is 13.2 Å². The molecule has 1 unspecified atom stereocenters. The van der Waals surface area contributed by atoms with Crippen LogP contribution in [0.2, 0.25) is 0 Å². The topological polar surface area (TPSA) is 75.7 Å². The molecule has 178 valence electrons. The van der Waals surface area contributed by atoms with Gasteiger partial charge in [0.15, 0.2) is 0 Å². The molecule has 0 aliphatic heterocycles. The maximum Gasteiger partial charge on any atom is 0.416 e. The first-order valence-electron chi connectivity index (χ1n) is 10.7. The highest BCUT2D eigenvalue weighted by Gasteiger charge is 2.38. The molecule has 0 saturated heterocycles. The Bertz CT molecular complexity index is 1160. The Balaban J connectivity index is 1.67. The second-order valence-corrected chi connectivity index (χ2v) is 10.2. The molecule has 33 heavy (non-hydrogen) atoms. The Labute approximate surface area is 190 Å². The number of benzene rings is 2. The van der Waals surface area contributed by atoms with Crippen LogP contribution in [0.15, 0.2) is 47.4 Å². The molecule has 0 aromatic heterocycles. The number of nitrogens with zero attached hydrogens (tertiary/aromatic N) is 1. The van der Waals surface area contributed by atoms with Crippen LogP contribution in [-0.4, -0.2) is 38.4 Å². The van der Waals surface area contributed by atoms with E-state index in [4.69, 9.17) is 4.74 Å². The maximum absolute atomic E-state index is 13.5. The summed E-state index contributed by atoms with van der Waals surface area (Å²) in [5.41, 5.74) is -0.279. The molecule has 2 saturated carbocycles. The van der Waals surface area contributed by atoms with Gasteiger partial charge < -0.3 is 9.64 Å². The largest absolute Gasteiger partial charge is 0.495 e. The van der Waals surface area contributed by atoms with Crippen molar-refractivity contribution in [3.8, 4) is 5.75 Å². The number of rotatable bonds is 8. The van der Waals surface area contributed by atoms with Crippen molar-refractivity contribution in [2.24, 2.45) is 0 Å². The van der Waals surface area contributed by atoms with Gasteiger partial charge in [-0.3, -0.25) is 4.79 Å². The van der Waals surface area contributed by atoms with Gasteiger partial charge in [-0.25, -0.2) is 13.1 Å². The Morgan fingerprint density at radius 2 is 1.82 bits per heavy atom. The van der Waals surface area contributed by atoms with Crippen LogP contribution < -0.4 is 9.46 Å². The van der Waals surface area contributed by atoms with Crippen molar-refractivity contribution in [1.29, 1.82) is 0 Å². The quantitative estimate of drug-likeness (QED) is 0.600. The Morgan fingerprint density at radius 1 is 1.12 bits per heavy atom. The highest BCUT2D eigenvalue weighted by atomic mass is 32.2. The summed E-state index contributed by atoms with van der Waals surface area (Å²) < 4.78 is 73.0. The van der Waals surface area contributed by atoms with Crippen molar-refractivity contribution in [3.05, 3.63) is 59.2 Å². The molecule has 1 amide bonds. The first-order chi connectivity index (χ1) is 15.5. The van der Waals surface area contributed by atoms with Gasteiger partial charge in [0.05, 0.1) is 18.7 Å². The van der Waals surface area contributed by atoms with Gasteiger partial charge >= 0.3 is 6.18 Å². The van der Waals surface area contributed by atoms with Crippen molar-refractivity contribution in [2.75, 3.05) is 7.11 Å². The van der Waals surface area contributed by atoms with E-state index in [9.17, 15) is 26.4 Å². The predicted molar refractivity (Wildman–Crippen MR) is 115 cm³/mol. The molecule has 0 radical (unpaired) electrons. The minimum absolute atomic E-state index is 0.114. The molecule has 1 atom stereocenters. The predicted octanol–water partition coefficient (Wildman–Crippen LogP) is 4.52. The summed E-state index contributed by atoms with van der Waals surface area (Å²) >= 11 is 0. The third-order valence-corrected chi connectivity index (χ3v) is 7.43. The number of nitrogens with one attached hydrogen (secondary N) is 1. The fraction of sp³-hybridized carbons (Fsp3) is 0.435. The Morgan fingerprint density at radius 3 is 2.39 bits per heavy atom. The lowest BCUT2D eigenvalue weighted by Gasteiger charge is -2.30. The van der Waals surface area contributed by atoms with Crippen LogP contribution in [0.1, 0.15) is 60.1 Å². The summed E-state index contributed by atoms with van der Waals surface area (Å²) in [4.78, 5) is 14.9. The molecular formula is C23H25F3N2O4S. The Kier molecular flexibility index (Phi) is 6.17. The minimum Gasteiger partial charge on any atom is -0.495 e. The van der Waals surface area contributed by atoms with E-state index in [0.29, 0.717) is 5.56 Å². The average molecular weight is 483 g/mol. The third-order valence-electron chi connectivity index (χ3n) is 5.89. The number of ether oxygens (including phenoxy) is 1. The van der Waals surface area contributed by atoms with Crippen molar-refractivity contribution in [3.63, 3.8) is 0 Å². The second-order valence-electron chi connectivity index (χ2n) is 8.50. The molecule has 2 aliphatic carbocycles. The third kappa shape index (κ3) is 5.16. The molecule has 0 spiro atoms. The molecule has 4 rings (SSSR count). The molecule has 2 aliphatic rings. The van der Waals surface area contributed by atoms with E-state index in [0.717, 1.165) is 37.8 Å². The zero-order valence-corrected chi connectivity index (χ0v) is 19.0. The molecule has 2 aromatic rings. The average Bonchev–Trinajstić information content (AvgIpc) is 3.69. The monoisotopic (exact) mass is 482 g/mol. The number of hydrogen-bond acceptors (Lipinski definition) is 4. The van der Waals surface area contributed by atoms with Crippen LogP contribution in [0.5, 0.6) is 5.75 Å². The molecule has 2 aromatic carbocycles. The number of carbonyl (C=O) groups excluding carboxylic acids is 1. The van der Waals surface area contributed by atoms with Gasteiger partial charge in [-0.05, 0) is 68.5 Å². The molecular weight excluding hydrogens is 457 g/mol. The first-order valence-corrected chi connectivity index (χ1v) is 12.2. The zero-order chi connectivity index (χ0) is 24.0. The fourth-order valence-electron chi connectivity index (χ4n) is 3.80. The van der Waals surface area contributed by atoms with E-state index in [-0.39, 0.29) is 28.3 Å². The number of hydrogen-bond donors (Lipinski definition) is 1. The van der Waals surface area contributed by atoms with Gasteiger partial charge in [-0.1, -0.05) is 12.1 Å². The van der Waals surface area contributed by atoms with E-state index in [2.05, 4.69) is 4.72 Å². The van der Waals surface area contributed by atoms with Crippen molar-refractivity contribution in [1.82, 2.24) is 9.62 Å². The maximum atomic E-state index is 13.5. The van der Waals surface area contributed by atoms with Crippen LogP contribution in [0.25, 0.3) is 0 Å². The van der Waals surface area contributed by atoms with Crippen molar-refractivity contribution in [2.45, 2.75) is 61.8 Å². The standard InChI is InChI=1S/C23H25F3N2O4S/c1-14(15-4-3-5-17(12-15)23(24,25)26)28(19-9-10-19)22(29)16-6-11-20(32-2)21(13-16)33(30,31)27-18-7-8-18/h3-6,11-14,18-19,27H,7-10H2,1-2H3. The number of carbonyl (C=O) groups is 1. The summed E-state index contributed by atoms with van der Waals surface area (Å²) in [5.74, 6) is -0.323. The molecule has 6 nitrogen and oxygen atoms in total. The van der Waals surface area contributed by atoms with Gasteiger partial charge in [0.2, 0.25) is 10.0 Å². The van der Waals surface area contributed by atoms with Crippen LogP contribution in [0, 0.1) is 0 Å². The number of halogens is 3. The normalized spacial score (nSPS) is 17.5. The molecule has 1 N–H and O–H groups in total. The van der Waals surface area contributed by atoms with Gasteiger partial charge in [0.1, 0.15) is 10.6 Å². The summed E-state index contributed by atoms with van der Waals surface area (Å²) in [6, 6.07) is 8.25. The number of methoxy groups -OCH3 is 1. The lowest BCUT2D eigenvalue weighted by molar-refractivity contribution is -0.137. The molecule has 0 heterocycles. The van der Waals surface area contributed by atoms with Gasteiger partial charge in [0, 0.05) is 17.6 Å². The highest BCUT2D eigenvalue weighted by Crippen LogP contribution is 2.38. The summed E-state index contributed by atoms with van der Waals surface area (Å²) in [6.45, 7) is 1.68. The fourth-order valence-corrected chi connectivity index (χ4v) is 5.30. The van der Waals surface area contributed by atoms with Gasteiger partial charge in [-0.2, -0.15) is 13.2 Å². The second kappa shape index (κ2) is 8.64. The van der Waals surface area contributed by atoms with Gasteiger partial charge in [-0.15, -0.1) is 0 Å². The summed E-state index contributed by atoms with van der Waals surface area (Å²) in [6.07, 6.45) is -1.51. The van der Waals surface area contributed by atoms with E-state index in [1.807, 2.05) is 0 Å². The van der Waals surface area contributed by atoms with E-state index in [1.165, 1.54) is 31.4 Å². The smallest absolute Gasteiger partial charge is 0.416 e. The van der Waals surface area contributed by atoms with Crippen LogP contribution >= 0.6 is 0 Å². The summed E-state index contributed by atoms with van der Waals surface area (Å²) in [5, 5.41) is 0. The molecule has 0 bridgehead atoms. The zero-order valence-electron chi connectivity index (χ0n) is 18.2. The summed E-state index contributed by atoms with van der Waals surface area (Å²) in [7, 11) is -2.54. The van der Waals surface area contributed by atoms with E-state index >= 15 is 0 Å². The number of sulfonamides is 1. The molecule has 10 heteroatoms. The van der Waals surface area contributed by atoms with Crippen LogP contribution in [-0.2, 0) is 16.2 Å². The number of alkyl halides is 3. The first kappa shape index (κ1) is 23.6. The van der Waals surface area contributed by atoms with Crippen molar-refractivity contribution < 1.29 is 31.1 Å². The Hall–Kier alpha value is -2.59. The molecule has 2 fully saturated rings.